The number of thioether (sulfide) groups is 1. The number of hydrogen-bond acceptors (Lipinski definition) is 2. The standard InChI is InChI=1S/C22H24N2S.ClH/c1-2-7-18(8-3-1)19-11-14-24(15-12-19)13-6-16-25-22-17-23-21-10-5-4-9-20(21)22;/h1-5,7-11,17,23H,6,12-16H2;1H. The zero-order chi connectivity index (χ0) is 16.9. The molecule has 3 aromatic rings. The van der Waals surface area contributed by atoms with E-state index in [9.17, 15) is 0 Å². The summed E-state index contributed by atoms with van der Waals surface area (Å²) in [6, 6.07) is 19.3. The van der Waals surface area contributed by atoms with Crippen LogP contribution in [0.2, 0.25) is 0 Å². The number of nitrogens with one attached hydrogen (secondary N) is 1. The van der Waals surface area contributed by atoms with E-state index in [1.165, 1.54) is 58.6 Å². The highest BCUT2D eigenvalue weighted by Crippen LogP contribution is 2.28. The van der Waals surface area contributed by atoms with Crippen molar-refractivity contribution >= 4 is 40.6 Å². The van der Waals surface area contributed by atoms with E-state index in [2.05, 4.69) is 76.8 Å². The van der Waals surface area contributed by atoms with Crippen LogP contribution in [0.15, 0.2) is 71.8 Å². The van der Waals surface area contributed by atoms with Gasteiger partial charge in [0.1, 0.15) is 0 Å². The van der Waals surface area contributed by atoms with E-state index in [-0.39, 0.29) is 12.4 Å². The molecule has 0 radical (unpaired) electrons. The van der Waals surface area contributed by atoms with E-state index in [0.29, 0.717) is 0 Å². The number of aromatic nitrogens is 1. The third kappa shape index (κ3) is 4.53. The largest absolute Gasteiger partial charge is 0.360 e. The number of aromatic amines is 1. The van der Waals surface area contributed by atoms with Crippen molar-refractivity contribution < 1.29 is 0 Å². The number of para-hydroxylation sites is 1. The van der Waals surface area contributed by atoms with E-state index >= 15 is 0 Å². The average Bonchev–Trinajstić information content (AvgIpc) is 3.10. The Morgan fingerprint density at radius 3 is 2.62 bits per heavy atom. The van der Waals surface area contributed by atoms with Crippen molar-refractivity contribution in [2.24, 2.45) is 0 Å². The van der Waals surface area contributed by atoms with Crippen LogP contribution in [0.5, 0.6) is 0 Å². The quantitative estimate of drug-likeness (QED) is 0.424. The number of rotatable bonds is 6. The van der Waals surface area contributed by atoms with Crippen LogP contribution in [-0.2, 0) is 0 Å². The van der Waals surface area contributed by atoms with Gasteiger partial charge in [-0.15, -0.1) is 24.2 Å². The Morgan fingerprint density at radius 1 is 1.00 bits per heavy atom. The molecule has 1 N–H and O–H groups in total. The maximum atomic E-state index is 3.36. The van der Waals surface area contributed by atoms with Crippen molar-refractivity contribution in [1.82, 2.24) is 9.88 Å². The molecule has 0 spiro atoms. The molecular formula is C22H25ClN2S. The van der Waals surface area contributed by atoms with Gasteiger partial charge >= 0.3 is 0 Å². The summed E-state index contributed by atoms with van der Waals surface area (Å²) in [5, 5.41) is 1.35. The van der Waals surface area contributed by atoms with Crippen molar-refractivity contribution in [3.05, 3.63) is 72.4 Å². The van der Waals surface area contributed by atoms with Crippen molar-refractivity contribution in [3.8, 4) is 0 Å². The maximum Gasteiger partial charge on any atom is 0.0465 e. The van der Waals surface area contributed by atoms with Crippen LogP contribution in [0.3, 0.4) is 0 Å². The van der Waals surface area contributed by atoms with Gasteiger partial charge in [-0.25, -0.2) is 0 Å². The normalized spacial score (nSPS) is 14.8. The number of H-pyrrole nitrogens is 1. The molecule has 1 aliphatic heterocycles. The fraction of sp³-hybridized carbons (Fsp3) is 0.273. The fourth-order valence-corrected chi connectivity index (χ4v) is 4.43. The molecule has 0 saturated heterocycles. The summed E-state index contributed by atoms with van der Waals surface area (Å²) < 4.78 is 0. The minimum atomic E-state index is 0. The Morgan fingerprint density at radius 2 is 1.81 bits per heavy atom. The molecule has 0 saturated carbocycles. The van der Waals surface area contributed by atoms with Gasteiger partial charge in [-0.05, 0) is 42.3 Å². The van der Waals surface area contributed by atoms with E-state index in [1.54, 1.807) is 0 Å². The molecule has 2 nitrogen and oxygen atoms in total. The lowest BCUT2D eigenvalue weighted by atomic mass is 9.99. The van der Waals surface area contributed by atoms with Gasteiger partial charge < -0.3 is 4.98 Å². The first-order chi connectivity index (χ1) is 12.4. The lowest BCUT2D eigenvalue weighted by Crippen LogP contribution is -2.29. The first-order valence-electron chi connectivity index (χ1n) is 9.06. The van der Waals surface area contributed by atoms with Crippen molar-refractivity contribution in [2.45, 2.75) is 17.7 Å². The highest BCUT2D eigenvalue weighted by Gasteiger charge is 2.12. The molecule has 1 aliphatic rings. The Hall–Kier alpha value is -1.68. The summed E-state index contributed by atoms with van der Waals surface area (Å²) in [4.78, 5) is 7.31. The SMILES string of the molecule is C1=C(c2ccccc2)CCN(CCCSc2c[nH]c3ccccc23)C1.Cl. The first-order valence-corrected chi connectivity index (χ1v) is 10.0. The predicted molar refractivity (Wildman–Crippen MR) is 116 cm³/mol. The molecule has 0 aliphatic carbocycles. The fourth-order valence-electron chi connectivity index (χ4n) is 3.46. The average molecular weight is 385 g/mol. The summed E-state index contributed by atoms with van der Waals surface area (Å²) in [5.41, 5.74) is 4.13. The highest BCUT2D eigenvalue weighted by atomic mass is 35.5. The third-order valence-electron chi connectivity index (χ3n) is 4.87. The van der Waals surface area contributed by atoms with Crippen LogP contribution >= 0.6 is 24.2 Å². The van der Waals surface area contributed by atoms with Gasteiger partial charge in [0.25, 0.3) is 0 Å². The number of fused-ring (bicyclic) bond motifs is 1. The molecule has 0 fully saturated rings. The third-order valence-corrected chi connectivity index (χ3v) is 6.01. The molecule has 1 aromatic heterocycles. The van der Waals surface area contributed by atoms with E-state index < -0.39 is 0 Å². The summed E-state index contributed by atoms with van der Waals surface area (Å²) in [6.07, 6.45) is 6.95. The van der Waals surface area contributed by atoms with Crippen LogP contribution in [0.25, 0.3) is 16.5 Å². The molecule has 2 aromatic carbocycles. The van der Waals surface area contributed by atoms with Gasteiger partial charge in [0.05, 0.1) is 0 Å². The van der Waals surface area contributed by atoms with E-state index in [4.69, 9.17) is 0 Å². The summed E-state index contributed by atoms with van der Waals surface area (Å²) in [7, 11) is 0. The van der Waals surface area contributed by atoms with Gasteiger partial charge in [-0.3, -0.25) is 4.90 Å². The number of benzene rings is 2. The molecule has 0 atom stereocenters. The van der Waals surface area contributed by atoms with E-state index in [1.807, 2.05) is 11.8 Å². The molecule has 4 heteroatoms. The van der Waals surface area contributed by atoms with E-state index in [0.717, 1.165) is 6.54 Å². The van der Waals surface area contributed by atoms with Crippen molar-refractivity contribution in [1.29, 1.82) is 0 Å². The Bertz CT molecular complexity index is 857. The topological polar surface area (TPSA) is 19.0 Å². The van der Waals surface area contributed by atoms with Crippen LogP contribution in [-0.4, -0.2) is 35.3 Å². The molecular weight excluding hydrogens is 360 g/mol. The predicted octanol–water partition coefficient (Wildman–Crippen LogP) is 5.86. The van der Waals surface area contributed by atoms with Gasteiger partial charge in [-0.1, -0.05) is 54.6 Å². The minimum absolute atomic E-state index is 0. The van der Waals surface area contributed by atoms with Crippen LogP contribution < -0.4 is 0 Å². The molecule has 0 unspecified atom stereocenters. The van der Waals surface area contributed by atoms with Crippen LogP contribution in [0, 0.1) is 0 Å². The summed E-state index contributed by atoms with van der Waals surface area (Å²) in [6.45, 7) is 3.45. The Labute approximate surface area is 166 Å². The number of hydrogen-bond donors (Lipinski definition) is 1. The van der Waals surface area contributed by atoms with Gasteiger partial charge in [0.2, 0.25) is 0 Å². The van der Waals surface area contributed by atoms with Gasteiger partial charge in [0, 0.05) is 35.1 Å². The second-order valence-electron chi connectivity index (χ2n) is 6.55. The summed E-state index contributed by atoms with van der Waals surface area (Å²) >= 11 is 1.97. The minimum Gasteiger partial charge on any atom is -0.360 e. The van der Waals surface area contributed by atoms with Gasteiger partial charge in [-0.2, -0.15) is 0 Å². The summed E-state index contributed by atoms with van der Waals surface area (Å²) in [5.74, 6) is 1.17. The molecule has 0 bridgehead atoms. The van der Waals surface area contributed by atoms with Crippen LogP contribution in [0.1, 0.15) is 18.4 Å². The number of halogens is 1. The lowest BCUT2D eigenvalue weighted by Gasteiger charge is -2.26. The molecule has 2 heterocycles. The zero-order valence-corrected chi connectivity index (χ0v) is 16.5. The monoisotopic (exact) mass is 384 g/mol. The molecule has 136 valence electrons. The Kier molecular flexibility index (Phi) is 6.84. The highest BCUT2D eigenvalue weighted by molar-refractivity contribution is 7.99. The molecule has 0 amide bonds. The molecule has 4 rings (SSSR count). The van der Waals surface area contributed by atoms with Crippen LogP contribution in [0.4, 0.5) is 0 Å². The second-order valence-corrected chi connectivity index (χ2v) is 7.68. The maximum absolute atomic E-state index is 3.36. The number of nitrogens with zero attached hydrogens (tertiary/aromatic N) is 1. The molecule has 26 heavy (non-hydrogen) atoms. The lowest BCUT2D eigenvalue weighted by molar-refractivity contribution is 0.303. The zero-order valence-electron chi connectivity index (χ0n) is 14.9. The van der Waals surface area contributed by atoms with Crippen molar-refractivity contribution in [2.75, 3.05) is 25.4 Å². The van der Waals surface area contributed by atoms with Gasteiger partial charge in [0.15, 0.2) is 0 Å². The second kappa shape index (κ2) is 9.31. The van der Waals surface area contributed by atoms with Crippen molar-refractivity contribution in [3.63, 3.8) is 0 Å². The smallest absolute Gasteiger partial charge is 0.0465 e. The first kappa shape index (κ1) is 19.1. The Balaban J connectivity index is 0.00000196.